The average molecular weight is 370 g/mol. The largest absolute Gasteiger partial charge is 0.369 e. The lowest BCUT2D eigenvalue weighted by atomic mass is 10.2. The third-order valence-electron chi connectivity index (χ3n) is 5.48. The van der Waals surface area contributed by atoms with E-state index in [-0.39, 0.29) is 5.91 Å². The molecule has 0 aliphatic carbocycles. The first-order valence-electron chi connectivity index (χ1n) is 9.65. The molecule has 2 saturated heterocycles. The average Bonchev–Trinajstić information content (AvgIpc) is 3.29. The molecule has 0 saturated carbocycles. The number of carbonyl (C=O) groups is 1. The van der Waals surface area contributed by atoms with E-state index in [1.54, 1.807) is 11.3 Å². The molecule has 0 radical (unpaired) electrons. The van der Waals surface area contributed by atoms with Gasteiger partial charge in [-0.1, -0.05) is 18.2 Å². The second-order valence-electron chi connectivity index (χ2n) is 7.27. The van der Waals surface area contributed by atoms with Crippen LogP contribution in [0.1, 0.15) is 45.4 Å². The number of para-hydroxylation sites is 1. The Morgan fingerprint density at radius 2 is 1.96 bits per heavy atom. The molecule has 5 heteroatoms. The van der Waals surface area contributed by atoms with Gasteiger partial charge in [-0.25, -0.2) is 0 Å². The number of amides is 1. The first-order chi connectivity index (χ1) is 12.7. The van der Waals surface area contributed by atoms with Crippen molar-refractivity contribution in [1.82, 2.24) is 10.2 Å². The molecule has 1 N–H and O–H groups in total. The van der Waals surface area contributed by atoms with Gasteiger partial charge in [0, 0.05) is 42.8 Å². The van der Waals surface area contributed by atoms with Crippen molar-refractivity contribution < 1.29 is 4.79 Å². The van der Waals surface area contributed by atoms with Crippen molar-refractivity contribution in [2.75, 3.05) is 37.6 Å². The van der Waals surface area contributed by atoms with E-state index in [4.69, 9.17) is 0 Å². The fourth-order valence-corrected chi connectivity index (χ4v) is 5.10. The minimum atomic E-state index is 0.200. The predicted molar refractivity (Wildman–Crippen MR) is 108 cm³/mol. The summed E-state index contributed by atoms with van der Waals surface area (Å²) in [5.41, 5.74) is 2.60. The number of aryl methyl sites for hydroxylation is 1. The van der Waals surface area contributed by atoms with Crippen molar-refractivity contribution in [1.29, 1.82) is 0 Å². The number of hydrogen-bond donors (Lipinski definition) is 1. The number of hydrogen-bond acceptors (Lipinski definition) is 4. The number of anilines is 1. The van der Waals surface area contributed by atoms with Gasteiger partial charge in [-0.2, -0.15) is 0 Å². The standard InChI is InChI=1S/C21H27N3OS/c1-16-6-2-3-8-18(16)23-12-5-13-24(15-14-23)21(25)20-10-9-19(26-20)17-7-4-11-22-17/h2-3,6,8-10,17,22H,4-5,7,11-15H2,1H3/t17-/m0/s1. The van der Waals surface area contributed by atoms with Gasteiger partial charge in [0.2, 0.25) is 0 Å². The van der Waals surface area contributed by atoms with Gasteiger partial charge in [0.25, 0.3) is 5.91 Å². The normalized spacial score (nSPS) is 21.0. The van der Waals surface area contributed by atoms with Crippen LogP contribution in [0.3, 0.4) is 0 Å². The third-order valence-corrected chi connectivity index (χ3v) is 6.67. The molecule has 1 atom stereocenters. The minimum Gasteiger partial charge on any atom is -0.369 e. The molecule has 2 aliphatic rings. The first kappa shape index (κ1) is 17.6. The molecule has 2 aliphatic heterocycles. The smallest absolute Gasteiger partial charge is 0.263 e. The minimum absolute atomic E-state index is 0.200. The highest BCUT2D eigenvalue weighted by Crippen LogP contribution is 2.30. The maximum absolute atomic E-state index is 13.0. The number of nitrogens with one attached hydrogen (secondary N) is 1. The molecule has 3 heterocycles. The molecule has 26 heavy (non-hydrogen) atoms. The highest BCUT2D eigenvalue weighted by Gasteiger charge is 2.24. The maximum Gasteiger partial charge on any atom is 0.263 e. The van der Waals surface area contributed by atoms with E-state index >= 15 is 0 Å². The SMILES string of the molecule is Cc1ccccc1N1CCCN(C(=O)c2ccc([C@@H]3CCCN3)s2)CC1. The summed E-state index contributed by atoms with van der Waals surface area (Å²) in [5.74, 6) is 0.200. The molecule has 1 amide bonds. The van der Waals surface area contributed by atoms with Crippen molar-refractivity contribution in [3.05, 3.63) is 51.7 Å². The molecule has 138 valence electrons. The Morgan fingerprint density at radius 1 is 1.08 bits per heavy atom. The van der Waals surface area contributed by atoms with Crippen LogP contribution in [0.15, 0.2) is 36.4 Å². The van der Waals surface area contributed by atoms with Gasteiger partial charge in [0.05, 0.1) is 4.88 Å². The molecular formula is C21H27N3OS. The Hall–Kier alpha value is -1.85. The van der Waals surface area contributed by atoms with Gasteiger partial charge in [-0.05, 0) is 56.5 Å². The van der Waals surface area contributed by atoms with Crippen molar-refractivity contribution >= 4 is 22.9 Å². The summed E-state index contributed by atoms with van der Waals surface area (Å²) < 4.78 is 0. The van der Waals surface area contributed by atoms with Gasteiger partial charge in [0.15, 0.2) is 0 Å². The molecule has 1 aromatic carbocycles. The van der Waals surface area contributed by atoms with E-state index in [2.05, 4.69) is 47.5 Å². The molecule has 1 aromatic heterocycles. The Bertz CT molecular complexity index is 766. The van der Waals surface area contributed by atoms with Gasteiger partial charge >= 0.3 is 0 Å². The van der Waals surface area contributed by atoms with Gasteiger partial charge in [-0.15, -0.1) is 11.3 Å². The quantitative estimate of drug-likeness (QED) is 0.893. The van der Waals surface area contributed by atoms with Gasteiger partial charge < -0.3 is 15.1 Å². The van der Waals surface area contributed by atoms with Gasteiger partial charge in [-0.3, -0.25) is 4.79 Å². The van der Waals surface area contributed by atoms with Crippen LogP contribution in [-0.2, 0) is 0 Å². The molecule has 0 spiro atoms. The van der Waals surface area contributed by atoms with Crippen LogP contribution in [-0.4, -0.2) is 43.5 Å². The second-order valence-corrected chi connectivity index (χ2v) is 8.39. The fourth-order valence-electron chi connectivity index (χ4n) is 4.02. The summed E-state index contributed by atoms with van der Waals surface area (Å²) in [6.45, 7) is 6.80. The highest BCUT2D eigenvalue weighted by atomic mass is 32.1. The molecular weight excluding hydrogens is 342 g/mol. The van der Waals surface area contributed by atoms with E-state index in [1.165, 1.54) is 29.0 Å². The topological polar surface area (TPSA) is 35.6 Å². The zero-order valence-corrected chi connectivity index (χ0v) is 16.2. The Morgan fingerprint density at radius 3 is 2.77 bits per heavy atom. The monoisotopic (exact) mass is 369 g/mol. The summed E-state index contributed by atoms with van der Waals surface area (Å²) in [6.07, 6.45) is 3.43. The molecule has 2 aromatic rings. The molecule has 0 unspecified atom stereocenters. The van der Waals surface area contributed by atoms with Crippen LogP contribution >= 0.6 is 11.3 Å². The molecule has 4 rings (SSSR count). The van der Waals surface area contributed by atoms with E-state index < -0.39 is 0 Å². The second kappa shape index (κ2) is 7.80. The van der Waals surface area contributed by atoms with E-state index in [1.807, 2.05) is 11.0 Å². The zero-order valence-electron chi connectivity index (χ0n) is 15.4. The van der Waals surface area contributed by atoms with Crippen LogP contribution in [0.4, 0.5) is 5.69 Å². The number of benzene rings is 1. The summed E-state index contributed by atoms with van der Waals surface area (Å²) in [4.78, 5) is 19.6. The Kier molecular flexibility index (Phi) is 5.27. The van der Waals surface area contributed by atoms with E-state index in [9.17, 15) is 4.79 Å². The third kappa shape index (κ3) is 3.64. The number of nitrogens with zero attached hydrogens (tertiary/aromatic N) is 2. The lowest BCUT2D eigenvalue weighted by molar-refractivity contribution is 0.0772. The zero-order chi connectivity index (χ0) is 17.9. The lowest BCUT2D eigenvalue weighted by Crippen LogP contribution is -2.35. The maximum atomic E-state index is 13.0. The summed E-state index contributed by atoms with van der Waals surface area (Å²) in [7, 11) is 0. The van der Waals surface area contributed by atoms with Gasteiger partial charge in [0.1, 0.15) is 0 Å². The summed E-state index contributed by atoms with van der Waals surface area (Å²) in [5, 5.41) is 3.52. The van der Waals surface area contributed by atoms with Crippen LogP contribution in [0, 0.1) is 6.92 Å². The molecule has 4 nitrogen and oxygen atoms in total. The van der Waals surface area contributed by atoms with Crippen molar-refractivity contribution in [2.45, 2.75) is 32.2 Å². The van der Waals surface area contributed by atoms with Crippen molar-refractivity contribution in [3.8, 4) is 0 Å². The summed E-state index contributed by atoms with van der Waals surface area (Å²) in [6, 6.07) is 13.1. The van der Waals surface area contributed by atoms with Crippen molar-refractivity contribution in [2.24, 2.45) is 0 Å². The summed E-state index contributed by atoms with van der Waals surface area (Å²) >= 11 is 1.67. The number of rotatable bonds is 3. The van der Waals surface area contributed by atoms with Crippen LogP contribution < -0.4 is 10.2 Å². The van der Waals surface area contributed by atoms with Crippen molar-refractivity contribution in [3.63, 3.8) is 0 Å². The van der Waals surface area contributed by atoms with E-state index in [0.717, 1.165) is 44.0 Å². The Balaban J connectivity index is 1.42. The lowest BCUT2D eigenvalue weighted by Gasteiger charge is -2.25. The van der Waals surface area contributed by atoms with Crippen LogP contribution in [0.25, 0.3) is 0 Å². The highest BCUT2D eigenvalue weighted by molar-refractivity contribution is 7.14. The predicted octanol–water partition coefficient (Wildman–Crippen LogP) is 3.83. The number of carbonyl (C=O) groups excluding carboxylic acids is 1. The molecule has 2 fully saturated rings. The molecule has 0 bridgehead atoms. The number of thiophene rings is 1. The first-order valence-corrected chi connectivity index (χ1v) is 10.5. The fraction of sp³-hybridized carbons (Fsp3) is 0.476. The van der Waals surface area contributed by atoms with Crippen LogP contribution in [0.2, 0.25) is 0 Å². The van der Waals surface area contributed by atoms with Crippen LogP contribution in [0.5, 0.6) is 0 Å². The Labute approximate surface area is 159 Å². The van der Waals surface area contributed by atoms with E-state index in [0.29, 0.717) is 6.04 Å².